The predicted octanol–water partition coefficient (Wildman–Crippen LogP) is 2.82. The van der Waals surface area contributed by atoms with Crippen LogP contribution in [0.2, 0.25) is 0 Å². The Kier molecular flexibility index (Phi) is 3.34. The maximum absolute atomic E-state index is 4.67. The summed E-state index contributed by atoms with van der Waals surface area (Å²) in [4.78, 5) is 10.8. The lowest BCUT2D eigenvalue weighted by molar-refractivity contribution is 0.647. The van der Waals surface area contributed by atoms with Gasteiger partial charge in [0.15, 0.2) is 5.13 Å². The third kappa shape index (κ3) is 2.64. The minimum Gasteiger partial charge on any atom is -0.345 e. The zero-order valence-corrected chi connectivity index (χ0v) is 14.0. The Labute approximate surface area is 132 Å². The van der Waals surface area contributed by atoms with E-state index in [1.54, 1.807) is 22.7 Å². The smallest absolute Gasteiger partial charge is 0.208 e. The van der Waals surface area contributed by atoms with Gasteiger partial charge in [0.05, 0.1) is 5.69 Å². The number of hydrogen-bond acceptors (Lipinski definition) is 7. The molecule has 0 N–H and O–H groups in total. The van der Waals surface area contributed by atoms with E-state index < -0.39 is 0 Å². The summed E-state index contributed by atoms with van der Waals surface area (Å²) in [6.45, 7) is 8.29. The van der Waals surface area contributed by atoms with E-state index in [9.17, 15) is 0 Å². The fourth-order valence-corrected chi connectivity index (χ4v) is 4.56. The molecule has 2 aliphatic rings. The molecule has 0 bridgehead atoms. The summed E-state index contributed by atoms with van der Waals surface area (Å²) in [7, 11) is 0. The van der Waals surface area contributed by atoms with Gasteiger partial charge in [-0.1, -0.05) is 11.3 Å². The fraction of sp³-hybridized carbons (Fsp3) is 0.643. The molecule has 2 fully saturated rings. The van der Waals surface area contributed by atoms with Crippen LogP contribution >= 0.6 is 22.7 Å². The average molecular weight is 321 g/mol. The van der Waals surface area contributed by atoms with Crippen molar-refractivity contribution in [3.05, 3.63) is 15.6 Å². The van der Waals surface area contributed by atoms with Crippen molar-refractivity contribution in [2.45, 2.75) is 32.6 Å². The van der Waals surface area contributed by atoms with Crippen molar-refractivity contribution in [3.63, 3.8) is 0 Å². The Morgan fingerprint density at radius 3 is 2.14 bits per heavy atom. The molecule has 0 amide bonds. The van der Waals surface area contributed by atoms with Gasteiger partial charge in [-0.25, -0.2) is 4.98 Å². The summed E-state index contributed by atoms with van der Waals surface area (Å²) in [6.07, 6.45) is 2.59. The summed E-state index contributed by atoms with van der Waals surface area (Å²) in [5.74, 6) is 0.707. The molecule has 0 spiro atoms. The minimum absolute atomic E-state index is 0.707. The predicted molar refractivity (Wildman–Crippen MR) is 87.9 cm³/mol. The second kappa shape index (κ2) is 5.21. The number of hydrogen-bond donors (Lipinski definition) is 0. The molecular formula is C14H19N5S2. The van der Waals surface area contributed by atoms with Gasteiger partial charge in [0, 0.05) is 37.0 Å². The Balaban J connectivity index is 1.41. The summed E-state index contributed by atoms with van der Waals surface area (Å²) in [5.41, 5.74) is 1.16. The van der Waals surface area contributed by atoms with Crippen molar-refractivity contribution in [2.75, 3.05) is 36.0 Å². The molecule has 0 unspecified atom stereocenters. The third-order valence-corrected chi connectivity index (χ3v) is 6.47. The van der Waals surface area contributed by atoms with Gasteiger partial charge < -0.3 is 9.80 Å². The van der Waals surface area contributed by atoms with Crippen molar-refractivity contribution < 1.29 is 0 Å². The van der Waals surface area contributed by atoms with Crippen LogP contribution in [-0.4, -0.2) is 41.4 Å². The number of anilines is 2. The molecule has 2 aromatic heterocycles. The third-order valence-electron chi connectivity index (χ3n) is 4.19. The molecule has 1 aliphatic carbocycles. The van der Waals surface area contributed by atoms with E-state index in [4.69, 9.17) is 0 Å². The van der Waals surface area contributed by atoms with Gasteiger partial charge in [0.25, 0.3) is 0 Å². The molecule has 3 heterocycles. The molecule has 7 heteroatoms. The lowest BCUT2D eigenvalue weighted by Gasteiger charge is -2.34. The van der Waals surface area contributed by atoms with Gasteiger partial charge in [-0.3, -0.25) is 0 Å². The second-order valence-corrected chi connectivity index (χ2v) is 7.98. The van der Waals surface area contributed by atoms with Crippen LogP contribution in [0.4, 0.5) is 10.3 Å². The van der Waals surface area contributed by atoms with Crippen LogP contribution in [0.15, 0.2) is 0 Å². The molecule has 112 valence electrons. The highest BCUT2D eigenvalue weighted by molar-refractivity contribution is 7.15. The van der Waals surface area contributed by atoms with E-state index in [1.807, 2.05) is 0 Å². The lowest BCUT2D eigenvalue weighted by atomic mass is 10.3. The lowest BCUT2D eigenvalue weighted by Crippen LogP contribution is -2.46. The normalized spacial score (nSPS) is 19.3. The molecule has 0 atom stereocenters. The molecule has 1 aliphatic heterocycles. The van der Waals surface area contributed by atoms with E-state index in [-0.39, 0.29) is 0 Å². The van der Waals surface area contributed by atoms with Crippen LogP contribution < -0.4 is 9.80 Å². The van der Waals surface area contributed by atoms with Crippen LogP contribution in [-0.2, 0) is 0 Å². The largest absolute Gasteiger partial charge is 0.345 e. The van der Waals surface area contributed by atoms with Crippen molar-refractivity contribution in [1.29, 1.82) is 0 Å². The van der Waals surface area contributed by atoms with Crippen LogP contribution in [0.3, 0.4) is 0 Å². The topological polar surface area (TPSA) is 45.2 Å². The van der Waals surface area contributed by atoms with Crippen LogP contribution in [0.1, 0.15) is 34.3 Å². The standard InChI is InChI=1S/C14H19N5S2/c1-9-10(2)20-13(15-9)18-5-7-19(8-6-18)14-17-16-12(21-14)11-3-4-11/h11H,3-8H2,1-2H3. The maximum atomic E-state index is 4.67. The first kappa shape index (κ1) is 13.5. The highest BCUT2D eigenvalue weighted by Gasteiger charge is 2.29. The first-order chi connectivity index (χ1) is 10.2. The van der Waals surface area contributed by atoms with Gasteiger partial charge in [0.2, 0.25) is 5.13 Å². The zero-order valence-electron chi connectivity index (χ0n) is 12.4. The van der Waals surface area contributed by atoms with Gasteiger partial charge >= 0.3 is 0 Å². The number of aryl methyl sites for hydroxylation is 2. The molecule has 1 saturated heterocycles. The number of aromatic nitrogens is 3. The van der Waals surface area contributed by atoms with E-state index >= 15 is 0 Å². The summed E-state index contributed by atoms with van der Waals surface area (Å²) < 4.78 is 0. The number of nitrogens with zero attached hydrogens (tertiary/aromatic N) is 5. The van der Waals surface area contributed by atoms with Crippen LogP contribution in [0.25, 0.3) is 0 Å². The van der Waals surface area contributed by atoms with Crippen molar-refractivity contribution >= 4 is 32.9 Å². The summed E-state index contributed by atoms with van der Waals surface area (Å²) >= 11 is 3.59. The number of thiazole rings is 1. The Morgan fingerprint density at radius 2 is 1.57 bits per heavy atom. The SMILES string of the molecule is Cc1nc(N2CCN(c3nnc(C4CC4)s3)CC2)sc1C. The van der Waals surface area contributed by atoms with Crippen molar-refractivity contribution in [2.24, 2.45) is 0 Å². The molecule has 2 aromatic rings. The highest BCUT2D eigenvalue weighted by Crippen LogP contribution is 2.42. The van der Waals surface area contributed by atoms with Gasteiger partial charge in [0.1, 0.15) is 5.01 Å². The van der Waals surface area contributed by atoms with Gasteiger partial charge in [-0.15, -0.1) is 21.5 Å². The summed E-state index contributed by atoms with van der Waals surface area (Å²) in [5, 5.41) is 12.2. The Morgan fingerprint density at radius 1 is 0.905 bits per heavy atom. The van der Waals surface area contributed by atoms with E-state index in [0.29, 0.717) is 5.92 Å². The first-order valence-electron chi connectivity index (χ1n) is 7.48. The van der Waals surface area contributed by atoms with Crippen LogP contribution in [0, 0.1) is 13.8 Å². The highest BCUT2D eigenvalue weighted by atomic mass is 32.1. The first-order valence-corrected chi connectivity index (χ1v) is 9.11. The number of piperazine rings is 1. The molecular weight excluding hydrogens is 302 g/mol. The van der Waals surface area contributed by atoms with Gasteiger partial charge in [-0.05, 0) is 26.7 Å². The molecule has 5 nitrogen and oxygen atoms in total. The monoisotopic (exact) mass is 321 g/mol. The molecule has 0 aromatic carbocycles. The molecule has 4 rings (SSSR count). The molecule has 0 radical (unpaired) electrons. The zero-order chi connectivity index (χ0) is 14.4. The summed E-state index contributed by atoms with van der Waals surface area (Å²) in [6, 6.07) is 0. The molecule has 21 heavy (non-hydrogen) atoms. The van der Waals surface area contributed by atoms with E-state index in [2.05, 4.69) is 38.8 Å². The maximum Gasteiger partial charge on any atom is 0.208 e. The quantitative estimate of drug-likeness (QED) is 0.870. The van der Waals surface area contributed by atoms with Crippen molar-refractivity contribution in [1.82, 2.24) is 15.2 Å². The fourth-order valence-electron chi connectivity index (χ4n) is 2.53. The number of rotatable bonds is 3. The van der Waals surface area contributed by atoms with Crippen LogP contribution in [0.5, 0.6) is 0 Å². The Bertz CT molecular complexity index is 618. The van der Waals surface area contributed by atoms with E-state index in [1.165, 1.54) is 27.9 Å². The van der Waals surface area contributed by atoms with E-state index in [0.717, 1.165) is 37.0 Å². The van der Waals surface area contributed by atoms with Gasteiger partial charge in [-0.2, -0.15) is 0 Å². The minimum atomic E-state index is 0.707. The second-order valence-electron chi connectivity index (χ2n) is 5.81. The van der Waals surface area contributed by atoms with Crippen molar-refractivity contribution in [3.8, 4) is 0 Å². The Hall–Kier alpha value is -1.21. The average Bonchev–Trinajstić information content (AvgIpc) is 3.14. The molecule has 1 saturated carbocycles.